The number of thioether (sulfide) groups is 1. The molecule has 0 aliphatic heterocycles. The van der Waals surface area contributed by atoms with Crippen molar-refractivity contribution in [2.45, 2.75) is 32.0 Å². The molecule has 1 N–H and O–H groups in total. The highest BCUT2D eigenvalue weighted by Crippen LogP contribution is 2.38. The minimum Gasteiger partial charge on any atom is -0.465 e. The molecule has 0 saturated carbocycles. The molecule has 190 valence electrons. The number of methoxy groups -OCH3 is 1. The first kappa shape index (κ1) is 26.4. The van der Waals surface area contributed by atoms with Crippen molar-refractivity contribution < 1.29 is 14.3 Å². The Bertz CT molecular complexity index is 1430. The van der Waals surface area contributed by atoms with Gasteiger partial charge in [0.25, 0.3) is 0 Å². The lowest BCUT2D eigenvalue weighted by Gasteiger charge is -2.10. The Morgan fingerprint density at radius 1 is 1.14 bits per heavy atom. The molecule has 0 saturated heterocycles. The Hall–Kier alpha value is -3.69. The van der Waals surface area contributed by atoms with Crippen molar-refractivity contribution in [1.29, 1.82) is 0 Å². The second kappa shape index (κ2) is 12.0. The highest BCUT2D eigenvalue weighted by atomic mass is 32.2. The highest BCUT2D eigenvalue weighted by Gasteiger charge is 2.23. The van der Waals surface area contributed by atoms with Gasteiger partial charge in [0.05, 0.1) is 12.9 Å². The molecule has 0 unspecified atom stereocenters. The number of ether oxygens (including phenoxy) is 1. The lowest BCUT2D eigenvalue weighted by Crippen LogP contribution is -2.16. The van der Waals surface area contributed by atoms with E-state index < -0.39 is 5.97 Å². The minimum atomic E-state index is -0.489. The quantitative estimate of drug-likeness (QED) is 0.155. The standard InChI is InChI=1S/C28H28N4O3S2/c1-5-13-32-23(15-20-9-7-6-8-10-20)30-31-28(32)37-17-24(33)29-26-25(27(34)35-4)22(16-36-26)21-14-18(2)11-12-19(21)3/h5-12,14,16H,1,13,15,17H2,2-4H3,(H,29,33). The molecule has 4 rings (SSSR count). The van der Waals surface area contributed by atoms with Crippen LogP contribution in [-0.2, 0) is 22.5 Å². The van der Waals surface area contributed by atoms with Crippen molar-refractivity contribution in [1.82, 2.24) is 14.8 Å². The van der Waals surface area contributed by atoms with Crippen LogP contribution in [0.2, 0.25) is 0 Å². The molecule has 37 heavy (non-hydrogen) atoms. The van der Waals surface area contributed by atoms with E-state index in [0.29, 0.717) is 28.7 Å². The molecule has 2 aromatic heterocycles. The lowest BCUT2D eigenvalue weighted by molar-refractivity contribution is -0.113. The van der Waals surface area contributed by atoms with Gasteiger partial charge in [-0.15, -0.1) is 28.1 Å². The zero-order valence-electron chi connectivity index (χ0n) is 21.0. The van der Waals surface area contributed by atoms with Gasteiger partial charge in [0.15, 0.2) is 5.16 Å². The second-order valence-corrected chi connectivity index (χ2v) is 10.3. The number of nitrogens with one attached hydrogen (secondary N) is 1. The number of benzene rings is 2. The van der Waals surface area contributed by atoms with E-state index in [1.54, 1.807) is 6.08 Å². The first-order valence-electron chi connectivity index (χ1n) is 11.7. The normalized spacial score (nSPS) is 10.8. The number of hydrogen-bond acceptors (Lipinski definition) is 7. The number of aryl methyl sites for hydroxylation is 2. The summed E-state index contributed by atoms with van der Waals surface area (Å²) >= 11 is 2.60. The third kappa shape index (κ3) is 6.18. The number of nitrogens with zero attached hydrogens (tertiary/aromatic N) is 3. The van der Waals surface area contributed by atoms with Crippen LogP contribution in [0.1, 0.15) is 32.9 Å². The van der Waals surface area contributed by atoms with Crippen LogP contribution in [0, 0.1) is 13.8 Å². The summed E-state index contributed by atoms with van der Waals surface area (Å²) in [6.07, 6.45) is 2.42. The van der Waals surface area contributed by atoms with Gasteiger partial charge < -0.3 is 14.6 Å². The Balaban J connectivity index is 1.51. The second-order valence-electron chi connectivity index (χ2n) is 8.46. The first-order valence-corrected chi connectivity index (χ1v) is 13.5. The number of esters is 1. The summed E-state index contributed by atoms with van der Waals surface area (Å²) in [5.74, 6) is 0.176. The fourth-order valence-electron chi connectivity index (χ4n) is 3.92. The van der Waals surface area contributed by atoms with Crippen molar-refractivity contribution in [2.75, 3.05) is 18.2 Å². The molecule has 2 heterocycles. The van der Waals surface area contributed by atoms with Crippen LogP contribution in [-0.4, -0.2) is 39.5 Å². The largest absolute Gasteiger partial charge is 0.465 e. The van der Waals surface area contributed by atoms with E-state index in [1.165, 1.54) is 30.2 Å². The van der Waals surface area contributed by atoms with Gasteiger partial charge in [-0.3, -0.25) is 4.79 Å². The minimum absolute atomic E-state index is 0.109. The molecule has 9 heteroatoms. The summed E-state index contributed by atoms with van der Waals surface area (Å²) in [4.78, 5) is 25.6. The summed E-state index contributed by atoms with van der Waals surface area (Å²) in [5.41, 5.74) is 5.30. The number of thiophene rings is 1. The summed E-state index contributed by atoms with van der Waals surface area (Å²) in [6, 6.07) is 16.1. The first-order chi connectivity index (χ1) is 17.9. The predicted octanol–water partition coefficient (Wildman–Crippen LogP) is 5.92. The topological polar surface area (TPSA) is 86.1 Å². The number of allylic oxidation sites excluding steroid dienone is 1. The van der Waals surface area contributed by atoms with E-state index in [2.05, 4.69) is 22.1 Å². The molecule has 7 nitrogen and oxygen atoms in total. The van der Waals surface area contributed by atoms with Crippen LogP contribution in [0.15, 0.2) is 71.7 Å². The van der Waals surface area contributed by atoms with Gasteiger partial charge in [-0.25, -0.2) is 4.79 Å². The van der Waals surface area contributed by atoms with Crippen LogP contribution in [0.3, 0.4) is 0 Å². The molecule has 0 fully saturated rings. The number of hydrogen-bond donors (Lipinski definition) is 1. The van der Waals surface area contributed by atoms with Gasteiger partial charge >= 0.3 is 5.97 Å². The van der Waals surface area contributed by atoms with Crippen LogP contribution < -0.4 is 5.32 Å². The number of aromatic nitrogens is 3. The van der Waals surface area contributed by atoms with Gasteiger partial charge in [0.2, 0.25) is 5.91 Å². The van der Waals surface area contributed by atoms with Crippen LogP contribution >= 0.6 is 23.1 Å². The molecule has 0 radical (unpaired) electrons. The Morgan fingerprint density at radius 3 is 2.65 bits per heavy atom. The maximum atomic E-state index is 12.9. The molecule has 0 aliphatic rings. The predicted molar refractivity (Wildman–Crippen MR) is 149 cm³/mol. The summed E-state index contributed by atoms with van der Waals surface area (Å²) in [6.45, 7) is 8.38. The van der Waals surface area contributed by atoms with Gasteiger partial charge in [-0.1, -0.05) is 71.9 Å². The van der Waals surface area contributed by atoms with Gasteiger partial charge in [0.1, 0.15) is 16.4 Å². The van der Waals surface area contributed by atoms with Crippen molar-refractivity contribution in [2.24, 2.45) is 0 Å². The molecule has 0 atom stereocenters. The zero-order chi connectivity index (χ0) is 26.4. The van der Waals surface area contributed by atoms with Crippen molar-refractivity contribution in [3.8, 4) is 11.1 Å². The zero-order valence-corrected chi connectivity index (χ0v) is 22.6. The number of rotatable bonds is 10. The maximum absolute atomic E-state index is 12.9. The van der Waals surface area contributed by atoms with E-state index >= 15 is 0 Å². The van der Waals surface area contributed by atoms with Gasteiger partial charge in [-0.05, 0) is 30.5 Å². The summed E-state index contributed by atoms with van der Waals surface area (Å²) in [7, 11) is 1.34. The van der Waals surface area contributed by atoms with E-state index in [0.717, 1.165) is 33.6 Å². The number of carbonyl (C=O) groups is 2. The smallest absolute Gasteiger partial charge is 0.341 e. The van der Waals surface area contributed by atoms with Crippen molar-refractivity contribution >= 4 is 40.0 Å². The third-order valence-electron chi connectivity index (χ3n) is 5.76. The SMILES string of the molecule is C=CCn1c(Cc2ccccc2)nnc1SCC(=O)Nc1scc(-c2cc(C)ccc2C)c1C(=O)OC. The molecular formula is C28H28N4O3S2. The fraction of sp³-hybridized carbons (Fsp3) is 0.214. The molecule has 4 aromatic rings. The molecule has 2 aromatic carbocycles. The van der Waals surface area contributed by atoms with E-state index in [9.17, 15) is 9.59 Å². The Kier molecular flexibility index (Phi) is 8.58. The van der Waals surface area contributed by atoms with E-state index in [-0.39, 0.29) is 11.7 Å². The third-order valence-corrected chi connectivity index (χ3v) is 7.62. The monoisotopic (exact) mass is 532 g/mol. The molecule has 0 spiro atoms. The Labute approximate surface area is 224 Å². The van der Waals surface area contributed by atoms with Gasteiger partial charge in [-0.2, -0.15) is 0 Å². The molecule has 0 aliphatic carbocycles. The summed E-state index contributed by atoms with van der Waals surface area (Å²) < 4.78 is 7.01. The number of amides is 1. The van der Waals surface area contributed by atoms with Crippen LogP contribution in [0.25, 0.3) is 11.1 Å². The molecule has 1 amide bonds. The van der Waals surface area contributed by atoms with Crippen LogP contribution in [0.5, 0.6) is 0 Å². The van der Waals surface area contributed by atoms with Crippen molar-refractivity contribution in [3.05, 3.63) is 94.6 Å². The molecular weight excluding hydrogens is 504 g/mol. The van der Waals surface area contributed by atoms with Crippen molar-refractivity contribution in [3.63, 3.8) is 0 Å². The van der Waals surface area contributed by atoms with E-state index in [1.807, 2.05) is 72.3 Å². The number of anilines is 1. The lowest BCUT2D eigenvalue weighted by atomic mass is 9.97. The summed E-state index contributed by atoms with van der Waals surface area (Å²) in [5, 5.41) is 14.5. The molecule has 0 bridgehead atoms. The Morgan fingerprint density at radius 2 is 1.92 bits per heavy atom. The number of carbonyl (C=O) groups excluding carboxylic acids is 2. The van der Waals surface area contributed by atoms with E-state index in [4.69, 9.17) is 4.74 Å². The maximum Gasteiger partial charge on any atom is 0.341 e. The van der Waals surface area contributed by atoms with Gasteiger partial charge in [0, 0.05) is 23.9 Å². The van der Waals surface area contributed by atoms with Crippen LogP contribution in [0.4, 0.5) is 5.00 Å². The fourth-order valence-corrected chi connectivity index (χ4v) is 5.65. The average molecular weight is 533 g/mol. The average Bonchev–Trinajstić information content (AvgIpc) is 3.48. The highest BCUT2D eigenvalue weighted by molar-refractivity contribution is 7.99.